The van der Waals surface area contributed by atoms with Crippen LogP contribution in [0.1, 0.15) is 6.92 Å². The van der Waals surface area contributed by atoms with E-state index in [0.29, 0.717) is 24.7 Å². The molecule has 0 spiro atoms. The molecule has 3 heterocycles. The van der Waals surface area contributed by atoms with Crippen LogP contribution < -0.4 is 4.90 Å². The van der Waals surface area contributed by atoms with Gasteiger partial charge in [0.25, 0.3) is 0 Å². The monoisotopic (exact) mass is 419 g/mol. The summed E-state index contributed by atoms with van der Waals surface area (Å²) in [4.78, 5) is 11.4. The Labute approximate surface area is 169 Å². The van der Waals surface area contributed by atoms with Crippen molar-refractivity contribution in [3.05, 3.63) is 41.6 Å². The molecule has 1 saturated heterocycles. The molecule has 1 aromatic carbocycles. The highest BCUT2D eigenvalue weighted by Gasteiger charge is 2.30. The first-order valence-electron chi connectivity index (χ1n) is 9.05. The number of rotatable bonds is 3. The van der Waals surface area contributed by atoms with E-state index in [-0.39, 0.29) is 6.04 Å². The van der Waals surface area contributed by atoms with E-state index in [9.17, 15) is 8.42 Å². The second kappa shape index (κ2) is 7.02. The molecule has 1 atom stereocenters. The van der Waals surface area contributed by atoms with Gasteiger partial charge in [0.05, 0.1) is 22.3 Å². The van der Waals surface area contributed by atoms with Crippen molar-refractivity contribution in [3.63, 3.8) is 0 Å². The van der Waals surface area contributed by atoms with Gasteiger partial charge >= 0.3 is 0 Å². The zero-order chi connectivity index (χ0) is 20.1. The van der Waals surface area contributed by atoms with Crippen molar-refractivity contribution in [2.45, 2.75) is 13.0 Å². The minimum atomic E-state index is -3.19. The van der Waals surface area contributed by atoms with Gasteiger partial charge in [-0.3, -0.25) is 0 Å². The number of para-hydroxylation sites is 2. The fourth-order valence-corrected chi connectivity index (χ4v) is 4.80. The quantitative estimate of drug-likeness (QED) is 0.652. The highest BCUT2D eigenvalue weighted by atomic mass is 35.5. The van der Waals surface area contributed by atoms with Gasteiger partial charge in [0.15, 0.2) is 0 Å². The molecule has 0 aliphatic carbocycles. The highest BCUT2D eigenvalue weighted by molar-refractivity contribution is 7.88. The summed E-state index contributed by atoms with van der Waals surface area (Å²) in [6.45, 7) is 3.45. The molecule has 7 nitrogen and oxygen atoms in total. The average molecular weight is 420 g/mol. The molecule has 4 rings (SSSR count). The molecule has 0 N–H and O–H groups in total. The number of hydrogen-bond donors (Lipinski definition) is 0. The number of sulfonamides is 1. The molecule has 0 bridgehead atoms. The van der Waals surface area contributed by atoms with Gasteiger partial charge in [-0.2, -0.15) is 4.31 Å². The molecule has 0 radical (unpaired) electrons. The first-order valence-corrected chi connectivity index (χ1v) is 11.3. The lowest BCUT2D eigenvalue weighted by molar-refractivity contribution is 0.343. The normalized spacial score (nSPS) is 18.7. The molecule has 148 valence electrons. The molecule has 0 amide bonds. The smallest absolute Gasteiger partial charge is 0.211 e. The summed E-state index contributed by atoms with van der Waals surface area (Å²) in [5.74, 6) is 1.55. The summed E-state index contributed by atoms with van der Waals surface area (Å²) in [5.41, 5.74) is 2.75. The number of aryl methyl sites for hydroxylation is 1. The Kier molecular flexibility index (Phi) is 4.81. The van der Waals surface area contributed by atoms with Crippen LogP contribution in [0.3, 0.4) is 0 Å². The number of pyridine rings is 1. The number of halogens is 1. The van der Waals surface area contributed by atoms with Crippen LogP contribution in [-0.4, -0.2) is 59.2 Å². The van der Waals surface area contributed by atoms with Crippen molar-refractivity contribution < 1.29 is 8.42 Å². The van der Waals surface area contributed by atoms with Gasteiger partial charge in [-0.15, -0.1) is 0 Å². The van der Waals surface area contributed by atoms with Crippen LogP contribution in [0.5, 0.6) is 0 Å². The predicted molar refractivity (Wildman–Crippen MR) is 112 cm³/mol. The molecule has 1 aliphatic heterocycles. The standard InChI is InChI=1S/C19H22ClN5O2S/c1-13-12-24(28(3,26)27)8-9-25(13)18-10-14(15(20)11-21-18)19-22-16-6-4-5-7-17(16)23(19)2/h4-7,10-11,13H,8-9,12H2,1-3H3/t13-/m0/s1. The Bertz CT molecular complexity index is 1140. The second-order valence-electron chi connectivity index (χ2n) is 7.17. The van der Waals surface area contributed by atoms with E-state index in [1.807, 2.05) is 48.9 Å². The molecular formula is C19H22ClN5O2S. The summed E-state index contributed by atoms with van der Waals surface area (Å²) < 4.78 is 27.2. The van der Waals surface area contributed by atoms with Gasteiger partial charge in [-0.1, -0.05) is 23.7 Å². The maximum atomic E-state index is 11.8. The van der Waals surface area contributed by atoms with Crippen LogP contribution in [0.4, 0.5) is 5.82 Å². The largest absolute Gasteiger partial charge is 0.351 e. The molecule has 3 aromatic rings. The third-order valence-electron chi connectivity index (χ3n) is 5.22. The summed E-state index contributed by atoms with van der Waals surface area (Å²) in [7, 11) is -1.22. The summed E-state index contributed by atoms with van der Waals surface area (Å²) in [6.07, 6.45) is 2.89. The lowest BCUT2D eigenvalue weighted by atomic mass is 10.2. The van der Waals surface area contributed by atoms with E-state index in [1.165, 1.54) is 10.6 Å². The maximum Gasteiger partial charge on any atom is 0.211 e. The van der Waals surface area contributed by atoms with Gasteiger partial charge in [-0.05, 0) is 25.1 Å². The number of imidazole rings is 1. The lowest BCUT2D eigenvalue weighted by Gasteiger charge is -2.39. The van der Waals surface area contributed by atoms with Crippen molar-refractivity contribution in [2.75, 3.05) is 30.8 Å². The van der Waals surface area contributed by atoms with Crippen molar-refractivity contribution in [2.24, 2.45) is 7.05 Å². The van der Waals surface area contributed by atoms with Gasteiger partial charge in [-0.25, -0.2) is 18.4 Å². The van der Waals surface area contributed by atoms with Crippen molar-refractivity contribution >= 4 is 38.5 Å². The van der Waals surface area contributed by atoms with Gasteiger partial charge < -0.3 is 9.47 Å². The number of hydrogen-bond acceptors (Lipinski definition) is 5. The van der Waals surface area contributed by atoms with Crippen LogP contribution in [0.2, 0.25) is 5.02 Å². The molecule has 0 unspecified atom stereocenters. The number of anilines is 1. The van der Waals surface area contributed by atoms with Crippen LogP contribution >= 0.6 is 11.6 Å². The fourth-order valence-electron chi connectivity index (χ4n) is 3.71. The third-order valence-corrected chi connectivity index (χ3v) is 6.79. The molecular weight excluding hydrogens is 398 g/mol. The molecule has 1 aliphatic rings. The molecule has 9 heteroatoms. The Morgan fingerprint density at radius 1 is 1.21 bits per heavy atom. The Balaban J connectivity index is 1.71. The van der Waals surface area contributed by atoms with Crippen LogP contribution in [-0.2, 0) is 17.1 Å². The van der Waals surface area contributed by atoms with Crippen molar-refractivity contribution in [1.29, 1.82) is 0 Å². The van der Waals surface area contributed by atoms with E-state index in [1.54, 1.807) is 6.20 Å². The number of piperazine rings is 1. The highest BCUT2D eigenvalue weighted by Crippen LogP contribution is 2.32. The average Bonchev–Trinajstić information content (AvgIpc) is 2.98. The summed E-state index contributed by atoms with van der Waals surface area (Å²) in [5, 5.41) is 0.532. The van der Waals surface area contributed by atoms with Gasteiger partial charge in [0.1, 0.15) is 11.6 Å². The summed E-state index contributed by atoms with van der Waals surface area (Å²) in [6, 6.07) is 9.88. The Morgan fingerprint density at radius 2 is 1.96 bits per heavy atom. The van der Waals surface area contributed by atoms with Gasteiger partial charge in [0, 0.05) is 44.5 Å². The fraction of sp³-hybridized carbons (Fsp3) is 0.368. The van der Waals surface area contributed by atoms with E-state index in [4.69, 9.17) is 16.6 Å². The molecule has 1 fully saturated rings. The predicted octanol–water partition coefficient (Wildman–Crippen LogP) is 2.76. The van der Waals surface area contributed by atoms with Crippen molar-refractivity contribution in [3.8, 4) is 11.4 Å². The van der Waals surface area contributed by atoms with Crippen molar-refractivity contribution in [1.82, 2.24) is 18.8 Å². The van der Waals surface area contributed by atoms with E-state index in [0.717, 1.165) is 28.2 Å². The maximum absolute atomic E-state index is 11.8. The molecule has 28 heavy (non-hydrogen) atoms. The minimum Gasteiger partial charge on any atom is -0.351 e. The Morgan fingerprint density at radius 3 is 2.64 bits per heavy atom. The number of aromatic nitrogens is 3. The number of benzene rings is 1. The zero-order valence-electron chi connectivity index (χ0n) is 16.0. The zero-order valence-corrected chi connectivity index (χ0v) is 17.6. The van der Waals surface area contributed by atoms with E-state index < -0.39 is 10.0 Å². The number of fused-ring (bicyclic) bond motifs is 1. The van der Waals surface area contributed by atoms with E-state index >= 15 is 0 Å². The number of nitrogens with zero attached hydrogens (tertiary/aromatic N) is 5. The van der Waals surface area contributed by atoms with E-state index in [2.05, 4.69) is 9.88 Å². The topological polar surface area (TPSA) is 71.3 Å². The second-order valence-corrected chi connectivity index (χ2v) is 9.56. The summed E-state index contributed by atoms with van der Waals surface area (Å²) >= 11 is 6.47. The Hall–Kier alpha value is -2.16. The SMILES string of the molecule is C[C@H]1CN(S(C)(=O)=O)CCN1c1cc(-c2nc3ccccc3n2C)c(Cl)cn1. The first-order chi connectivity index (χ1) is 13.3. The van der Waals surface area contributed by atoms with Crippen LogP contribution in [0.25, 0.3) is 22.4 Å². The van der Waals surface area contributed by atoms with Crippen LogP contribution in [0.15, 0.2) is 36.5 Å². The molecule has 0 saturated carbocycles. The lowest BCUT2D eigenvalue weighted by Crippen LogP contribution is -2.53. The van der Waals surface area contributed by atoms with Gasteiger partial charge in [0.2, 0.25) is 10.0 Å². The van der Waals surface area contributed by atoms with Crippen LogP contribution in [0, 0.1) is 0 Å². The first kappa shape index (κ1) is 19.2. The molecule has 2 aromatic heterocycles. The third kappa shape index (κ3) is 3.36. The minimum absolute atomic E-state index is 0.00504.